The van der Waals surface area contributed by atoms with Crippen molar-refractivity contribution in [2.75, 3.05) is 0 Å². The molecule has 13 nitrogen and oxygen atoms in total. The van der Waals surface area contributed by atoms with E-state index in [0.29, 0.717) is 0 Å². The van der Waals surface area contributed by atoms with Crippen molar-refractivity contribution in [2.45, 2.75) is 43.8 Å². The maximum absolute atomic E-state index is 12.2. The van der Waals surface area contributed by atoms with Gasteiger partial charge in [-0.05, 0) is 6.42 Å². The quantitative estimate of drug-likeness (QED) is 0.175. The number of nitrogens with two attached hydrogens (primary N) is 3. The topological polar surface area (TPSA) is 245 Å². The maximum Gasteiger partial charge on any atom is 0.326 e. The summed E-state index contributed by atoms with van der Waals surface area (Å²) in [6.07, 6.45) is -2.04. The van der Waals surface area contributed by atoms with Crippen LogP contribution < -0.4 is 27.8 Å². The Kier molecular flexibility index (Phi) is 9.29. The second-order valence-electron chi connectivity index (χ2n) is 5.34. The summed E-state index contributed by atoms with van der Waals surface area (Å²) in [6.45, 7) is 0. The highest BCUT2D eigenvalue weighted by molar-refractivity contribution is 5.94. The van der Waals surface area contributed by atoms with E-state index in [1.54, 1.807) is 0 Å². The number of hydrogen-bond acceptors (Lipinski definition) is 7. The molecule has 0 saturated heterocycles. The van der Waals surface area contributed by atoms with Crippen LogP contribution in [0.1, 0.15) is 25.7 Å². The molecule has 0 aromatic rings. The number of hydrogen-bond donors (Lipinski definition) is 7. The van der Waals surface area contributed by atoms with Gasteiger partial charge in [-0.2, -0.15) is 0 Å². The highest BCUT2D eigenvalue weighted by atomic mass is 16.4. The van der Waals surface area contributed by atoms with Crippen LogP contribution in [0.25, 0.3) is 0 Å². The van der Waals surface area contributed by atoms with E-state index in [9.17, 15) is 28.8 Å². The van der Waals surface area contributed by atoms with Crippen LogP contribution in [0.3, 0.4) is 0 Å². The molecule has 0 aliphatic rings. The lowest BCUT2D eigenvalue weighted by molar-refractivity contribution is -0.147. The van der Waals surface area contributed by atoms with Gasteiger partial charge in [-0.1, -0.05) is 0 Å². The summed E-state index contributed by atoms with van der Waals surface area (Å²) in [5, 5.41) is 21.7. The molecule has 0 saturated carbocycles. The number of carboxylic acids is 2. The molecule has 0 spiro atoms. The van der Waals surface area contributed by atoms with Gasteiger partial charge in [0.1, 0.15) is 12.1 Å². The van der Waals surface area contributed by atoms with Crippen LogP contribution in [0.4, 0.5) is 0 Å². The third-order valence-corrected chi connectivity index (χ3v) is 3.06. The zero-order valence-electron chi connectivity index (χ0n) is 13.6. The van der Waals surface area contributed by atoms with E-state index in [1.807, 2.05) is 5.32 Å². The van der Waals surface area contributed by atoms with Gasteiger partial charge in [-0.15, -0.1) is 0 Å². The fraction of sp³-hybridized carbons (Fsp3) is 0.538. The van der Waals surface area contributed by atoms with Crippen molar-refractivity contribution in [3.05, 3.63) is 0 Å². The number of rotatable bonds is 12. The molecule has 3 atom stereocenters. The Morgan fingerprint density at radius 3 is 1.77 bits per heavy atom. The molecule has 0 aliphatic heterocycles. The van der Waals surface area contributed by atoms with E-state index in [4.69, 9.17) is 27.4 Å². The van der Waals surface area contributed by atoms with Gasteiger partial charge in [0, 0.05) is 6.42 Å². The molecule has 0 radical (unpaired) electrons. The Balaban J connectivity index is 5.14. The van der Waals surface area contributed by atoms with Gasteiger partial charge in [0.25, 0.3) is 0 Å². The number of nitrogens with one attached hydrogen (secondary N) is 2. The van der Waals surface area contributed by atoms with E-state index in [1.165, 1.54) is 0 Å². The molecule has 10 N–H and O–H groups in total. The summed E-state index contributed by atoms with van der Waals surface area (Å²) in [5.41, 5.74) is 15.3. The fourth-order valence-corrected chi connectivity index (χ4v) is 1.79. The highest BCUT2D eigenvalue weighted by Crippen LogP contribution is 2.02. The van der Waals surface area contributed by atoms with Gasteiger partial charge in [0.2, 0.25) is 23.6 Å². The molecule has 13 heteroatoms. The van der Waals surface area contributed by atoms with Crippen molar-refractivity contribution in [3.8, 4) is 0 Å². The fourth-order valence-electron chi connectivity index (χ4n) is 1.79. The van der Waals surface area contributed by atoms with Crippen LogP contribution in [0.15, 0.2) is 0 Å². The minimum absolute atomic E-state index is 0.296. The molecule has 0 heterocycles. The van der Waals surface area contributed by atoms with Gasteiger partial charge in [0.05, 0.1) is 18.9 Å². The Bertz CT molecular complexity index is 593. The first-order valence-electron chi connectivity index (χ1n) is 7.31. The molecule has 0 fully saturated rings. The first-order chi connectivity index (χ1) is 11.9. The average Bonchev–Trinajstić information content (AvgIpc) is 2.48. The minimum atomic E-state index is -1.76. The van der Waals surface area contributed by atoms with Crippen molar-refractivity contribution < 1.29 is 39.0 Å². The van der Waals surface area contributed by atoms with E-state index in [0.717, 1.165) is 0 Å². The normalized spacial score (nSPS) is 13.7. The lowest BCUT2D eigenvalue weighted by Crippen LogP contribution is -2.55. The number of carbonyl (C=O) groups is 6. The molecule has 146 valence electrons. The van der Waals surface area contributed by atoms with E-state index < -0.39 is 66.5 Å². The zero-order chi connectivity index (χ0) is 20.4. The second-order valence-corrected chi connectivity index (χ2v) is 5.34. The standard InChI is InChI=1S/C13H21N5O8/c14-5(3-9(16)20)11(23)17-6(1-2-8(15)19)12(24)18-7(13(25)26)4-10(21)22/h5-7H,1-4,14H2,(H2,15,19)(H2,16,20)(H,17,23)(H,18,24)(H,21,22)(H,25,26)/t5-,6-,7-/m0/s1. The minimum Gasteiger partial charge on any atom is -0.481 e. The molecule has 4 amide bonds. The summed E-state index contributed by atoms with van der Waals surface area (Å²) < 4.78 is 0. The molecule has 0 unspecified atom stereocenters. The van der Waals surface area contributed by atoms with Crippen molar-refractivity contribution in [1.29, 1.82) is 0 Å². The van der Waals surface area contributed by atoms with Crippen molar-refractivity contribution in [3.63, 3.8) is 0 Å². The van der Waals surface area contributed by atoms with Crippen LogP contribution in [0, 0.1) is 0 Å². The first kappa shape index (κ1) is 22.8. The lowest BCUT2D eigenvalue weighted by Gasteiger charge is -2.22. The summed E-state index contributed by atoms with van der Waals surface area (Å²) in [5.74, 6) is -6.74. The number of aliphatic carboxylic acids is 2. The monoisotopic (exact) mass is 375 g/mol. The van der Waals surface area contributed by atoms with Gasteiger partial charge < -0.3 is 38.0 Å². The van der Waals surface area contributed by atoms with Crippen LogP contribution >= 0.6 is 0 Å². The van der Waals surface area contributed by atoms with Crippen LogP contribution in [0.5, 0.6) is 0 Å². The first-order valence-corrected chi connectivity index (χ1v) is 7.31. The van der Waals surface area contributed by atoms with Crippen LogP contribution in [-0.2, 0) is 28.8 Å². The molecule has 0 rings (SSSR count). The Morgan fingerprint density at radius 2 is 1.35 bits per heavy atom. The molecule has 0 bridgehead atoms. The smallest absolute Gasteiger partial charge is 0.326 e. The summed E-state index contributed by atoms with van der Waals surface area (Å²) >= 11 is 0. The summed E-state index contributed by atoms with van der Waals surface area (Å²) in [4.78, 5) is 67.4. The molecule has 0 aromatic carbocycles. The average molecular weight is 375 g/mol. The third-order valence-electron chi connectivity index (χ3n) is 3.06. The van der Waals surface area contributed by atoms with Gasteiger partial charge in [0.15, 0.2) is 0 Å². The molecule has 0 aromatic heterocycles. The van der Waals surface area contributed by atoms with E-state index in [2.05, 4.69) is 5.32 Å². The second kappa shape index (κ2) is 10.6. The van der Waals surface area contributed by atoms with Crippen molar-refractivity contribution in [2.24, 2.45) is 17.2 Å². The van der Waals surface area contributed by atoms with Crippen molar-refractivity contribution in [1.82, 2.24) is 10.6 Å². The summed E-state index contributed by atoms with van der Waals surface area (Å²) in [6, 6.07) is -4.55. The lowest BCUT2D eigenvalue weighted by atomic mass is 10.1. The molecular weight excluding hydrogens is 354 g/mol. The predicted molar refractivity (Wildman–Crippen MR) is 84.0 cm³/mol. The SMILES string of the molecule is NC(=O)CC[C@H](NC(=O)[C@@H](N)CC(N)=O)C(=O)N[C@@H](CC(=O)O)C(=O)O. The number of primary amides is 2. The Labute approximate surface area is 147 Å². The number of carboxylic acid groups (broad SMARTS) is 2. The van der Waals surface area contributed by atoms with Crippen LogP contribution in [0.2, 0.25) is 0 Å². The molecule has 0 aliphatic carbocycles. The number of amides is 4. The molecular formula is C13H21N5O8. The summed E-state index contributed by atoms with van der Waals surface area (Å²) in [7, 11) is 0. The Morgan fingerprint density at radius 1 is 0.808 bits per heavy atom. The maximum atomic E-state index is 12.2. The van der Waals surface area contributed by atoms with Gasteiger partial charge >= 0.3 is 11.9 Å². The third kappa shape index (κ3) is 9.17. The molecule has 26 heavy (non-hydrogen) atoms. The highest BCUT2D eigenvalue weighted by Gasteiger charge is 2.29. The van der Waals surface area contributed by atoms with Gasteiger partial charge in [-0.25, -0.2) is 4.79 Å². The number of carbonyl (C=O) groups excluding carboxylic acids is 4. The van der Waals surface area contributed by atoms with Crippen LogP contribution in [-0.4, -0.2) is 63.9 Å². The van der Waals surface area contributed by atoms with E-state index in [-0.39, 0.29) is 12.8 Å². The Hall–Kier alpha value is -3.22. The van der Waals surface area contributed by atoms with Gasteiger partial charge in [-0.3, -0.25) is 24.0 Å². The predicted octanol–water partition coefficient (Wildman–Crippen LogP) is -4.02. The zero-order valence-corrected chi connectivity index (χ0v) is 13.6. The van der Waals surface area contributed by atoms with E-state index >= 15 is 0 Å². The van der Waals surface area contributed by atoms with Crippen molar-refractivity contribution >= 4 is 35.6 Å². The largest absolute Gasteiger partial charge is 0.481 e.